The molecule has 8 heteroatoms. The van der Waals surface area contributed by atoms with Crippen LogP contribution in [-0.2, 0) is 6.18 Å². The lowest BCUT2D eigenvalue weighted by molar-refractivity contribution is -0.137. The first-order valence-corrected chi connectivity index (χ1v) is 7.87. The smallest absolute Gasteiger partial charge is 0.417 e. The topological polar surface area (TPSA) is 9.23 Å². The largest absolute Gasteiger partial charge is 0.471 e. The lowest BCUT2D eigenvalue weighted by atomic mass is 10.2. The van der Waals surface area contributed by atoms with Crippen LogP contribution in [0.3, 0.4) is 0 Å². The lowest BCUT2D eigenvalue weighted by Crippen LogP contribution is -2.08. The van der Waals surface area contributed by atoms with Crippen LogP contribution in [0.5, 0.6) is 5.75 Å². The van der Waals surface area contributed by atoms with Crippen LogP contribution in [0.4, 0.5) is 13.2 Å². The van der Waals surface area contributed by atoms with Gasteiger partial charge in [-0.15, -0.1) is 0 Å². The first-order chi connectivity index (χ1) is 10.2. The SMILES string of the molecule is FC(F)(F)c1cc(Cl)c(OC(Br)c2ccccc2)c(Cl)c1Cl. The summed E-state index contributed by atoms with van der Waals surface area (Å²) in [4.78, 5) is 0. The minimum absolute atomic E-state index is 0.118. The number of hydrogen-bond donors (Lipinski definition) is 0. The zero-order chi connectivity index (χ0) is 16.5. The van der Waals surface area contributed by atoms with Gasteiger partial charge in [-0.2, -0.15) is 13.2 Å². The third-order valence-corrected chi connectivity index (χ3v) is 4.55. The maximum Gasteiger partial charge on any atom is 0.417 e. The molecule has 2 rings (SSSR count). The first-order valence-electron chi connectivity index (χ1n) is 5.82. The molecule has 1 atom stereocenters. The molecule has 0 aromatic heterocycles. The number of ether oxygens (including phenoxy) is 1. The Morgan fingerprint density at radius 1 is 1.00 bits per heavy atom. The van der Waals surface area contributed by atoms with Gasteiger partial charge in [0.2, 0.25) is 0 Å². The molecule has 2 aromatic carbocycles. The molecule has 0 radical (unpaired) electrons. The predicted molar refractivity (Wildman–Crippen MR) is 85.2 cm³/mol. The normalized spacial score (nSPS) is 13.0. The van der Waals surface area contributed by atoms with E-state index < -0.39 is 21.8 Å². The number of alkyl halides is 4. The van der Waals surface area contributed by atoms with Gasteiger partial charge in [0.05, 0.1) is 15.6 Å². The Morgan fingerprint density at radius 2 is 1.59 bits per heavy atom. The van der Waals surface area contributed by atoms with Gasteiger partial charge in [0.1, 0.15) is 5.02 Å². The molecule has 0 spiro atoms. The Morgan fingerprint density at radius 3 is 2.14 bits per heavy atom. The second kappa shape index (κ2) is 6.87. The van der Waals surface area contributed by atoms with Gasteiger partial charge in [-0.05, 0) is 22.0 Å². The van der Waals surface area contributed by atoms with Crippen LogP contribution in [-0.4, -0.2) is 0 Å². The molecule has 0 amide bonds. The van der Waals surface area contributed by atoms with Crippen molar-refractivity contribution in [1.29, 1.82) is 0 Å². The van der Waals surface area contributed by atoms with Crippen LogP contribution in [0.2, 0.25) is 15.1 Å². The molecule has 0 fully saturated rings. The Kier molecular flexibility index (Phi) is 5.54. The van der Waals surface area contributed by atoms with Crippen LogP contribution in [0.25, 0.3) is 0 Å². The second-order valence-electron chi connectivity index (χ2n) is 4.21. The molecule has 0 saturated heterocycles. The highest BCUT2D eigenvalue weighted by molar-refractivity contribution is 9.09. The van der Waals surface area contributed by atoms with Crippen LogP contribution in [0.1, 0.15) is 16.1 Å². The average Bonchev–Trinajstić information content (AvgIpc) is 2.47. The van der Waals surface area contributed by atoms with Crippen LogP contribution in [0.15, 0.2) is 36.4 Å². The zero-order valence-electron chi connectivity index (χ0n) is 10.6. The quantitative estimate of drug-likeness (QED) is 0.369. The van der Waals surface area contributed by atoms with E-state index in [2.05, 4.69) is 15.9 Å². The van der Waals surface area contributed by atoms with E-state index in [4.69, 9.17) is 39.5 Å². The van der Waals surface area contributed by atoms with Crippen molar-refractivity contribution in [3.8, 4) is 5.75 Å². The van der Waals surface area contributed by atoms with Crippen LogP contribution in [0, 0.1) is 0 Å². The molecular weight excluding hydrogens is 427 g/mol. The van der Waals surface area contributed by atoms with Crippen molar-refractivity contribution in [1.82, 2.24) is 0 Å². The molecular formula is C14H7BrCl3F3O. The van der Waals surface area contributed by atoms with Gasteiger partial charge < -0.3 is 4.74 Å². The van der Waals surface area contributed by atoms with E-state index in [9.17, 15) is 13.2 Å². The van der Waals surface area contributed by atoms with Crippen LogP contribution < -0.4 is 4.74 Å². The molecule has 1 unspecified atom stereocenters. The van der Waals surface area contributed by atoms with E-state index in [0.29, 0.717) is 6.07 Å². The van der Waals surface area contributed by atoms with E-state index >= 15 is 0 Å². The minimum atomic E-state index is -4.66. The molecule has 2 aromatic rings. The second-order valence-corrected chi connectivity index (χ2v) is 6.20. The number of rotatable bonds is 3. The van der Waals surface area contributed by atoms with Gasteiger partial charge >= 0.3 is 6.18 Å². The number of benzene rings is 2. The fourth-order valence-electron chi connectivity index (χ4n) is 1.67. The maximum atomic E-state index is 12.8. The molecule has 0 bridgehead atoms. The Labute approximate surface area is 148 Å². The molecule has 0 aliphatic heterocycles. The summed E-state index contributed by atoms with van der Waals surface area (Å²) in [5.41, 5.74) is -0.368. The number of halogens is 7. The van der Waals surface area contributed by atoms with Crippen LogP contribution >= 0.6 is 50.7 Å². The monoisotopic (exact) mass is 432 g/mol. The maximum absolute atomic E-state index is 12.8. The highest BCUT2D eigenvalue weighted by atomic mass is 79.9. The third kappa shape index (κ3) is 3.82. The fraction of sp³-hybridized carbons (Fsp3) is 0.143. The van der Waals surface area contributed by atoms with Gasteiger partial charge in [0.25, 0.3) is 0 Å². The highest BCUT2D eigenvalue weighted by Gasteiger charge is 2.36. The summed E-state index contributed by atoms with van der Waals surface area (Å²) in [7, 11) is 0. The van der Waals surface area contributed by atoms with Crippen molar-refractivity contribution in [3.05, 3.63) is 62.6 Å². The molecule has 0 heterocycles. The molecule has 0 saturated carbocycles. The van der Waals surface area contributed by atoms with Crippen molar-refractivity contribution in [2.75, 3.05) is 0 Å². The Bertz CT molecular complexity index is 677. The van der Waals surface area contributed by atoms with E-state index in [1.807, 2.05) is 6.07 Å². The van der Waals surface area contributed by atoms with E-state index in [-0.39, 0.29) is 15.8 Å². The zero-order valence-corrected chi connectivity index (χ0v) is 14.4. The molecule has 0 N–H and O–H groups in total. The molecule has 0 aliphatic carbocycles. The van der Waals surface area contributed by atoms with Gasteiger partial charge in [-0.25, -0.2) is 0 Å². The summed E-state index contributed by atoms with van der Waals surface area (Å²) in [5.74, 6) is -0.118. The molecule has 0 aliphatic rings. The van der Waals surface area contributed by atoms with Crippen molar-refractivity contribution >= 4 is 50.7 Å². The summed E-state index contributed by atoms with van der Waals surface area (Å²) in [6.07, 6.45) is -4.66. The standard InChI is InChI=1S/C14H7BrCl3F3O/c15-13(7-4-2-1-3-5-7)22-12-9(16)6-8(14(19,20)21)10(17)11(12)18/h1-6,13H. The highest BCUT2D eigenvalue weighted by Crippen LogP contribution is 2.47. The van der Waals surface area contributed by atoms with E-state index in [0.717, 1.165) is 5.56 Å². The summed E-state index contributed by atoms with van der Waals surface area (Å²) in [5, 5.41) is -1.96. The molecule has 22 heavy (non-hydrogen) atoms. The third-order valence-electron chi connectivity index (χ3n) is 2.70. The minimum Gasteiger partial charge on any atom is -0.471 e. The van der Waals surface area contributed by atoms with E-state index in [1.54, 1.807) is 24.3 Å². The van der Waals surface area contributed by atoms with Crippen molar-refractivity contribution in [3.63, 3.8) is 0 Å². The van der Waals surface area contributed by atoms with Gasteiger partial charge in [-0.3, -0.25) is 0 Å². The van der Waals surface area contributed by atoms with Gasteiger partial charge in [0, 0.05) is 5.56 Å². The summed E-state index contributed by atoms with van der Waals surface area (Å²) >= 11 is 20.7. The Balaban J connectivity index is 2.39. The van der Waals surface area contributed by atoms with Crippen molar-refractivity contribution in [2.24, 2.45) is 0 Å². The first kappa shape index (κ1) is 17.7. The fourth-order valence-corrected chi connectivity index (χ4v) is 2.95. The van der Waals surface area contributed by atoms with E-state index in [1.165, 1.54) is 0 Å². The predicted octanol–water partition coefficient (Wildman–Crippen LogP) is 7.14. The molecule has 1 nitrogen and oxygen atoms in total. The van der Waals surface area contributed by atoms with Crippen molar-refractivity contribution in [2.45, 2.75) is 11.2 Å². The van der Waals surface area contributed by atoms with Gasteiger partial charge in [0.15, 0.2) is 10.8 Å². The summed E-state index contributed by atoms with van der Waals surface area (Å²) in [6, 6.07) is 9.62. The van der Waals surface area contributed by atoms with Crippen molar-refractivity contribution < 1.29 is 17.9 Å². The molecule has 118 valence electrons. The summed E-state index contributed by atoms with van der Waals surface area (Å²) < 4.78 is 44.0. The average molecular weight is 434 g/mol. The summed E-state index contributed by atoms with van der Waals surface area (Å²) in [6.45, 7) is 0. The lowest BCUT2D eigenvalue weighted by Gasteiger charge is -2.18. The van der Waals surface area contributed by atoms with Gasteiger partial charge in [-0.1, -0.05) is 65.1 Å². The number of hydrogen-bond acceptors (Lipinski definition) is 1. The Hall–Kier alpha value is -0.620.